The van der Waals surface area contributed by atoms with Crippen LogP contribution in [0.5, 0.6) is 0 Å². The van der Waals surface area contributed by atoms with Gasteiger partial charge in [0.15, 0.2) is 0 Å². The van der Waals surface area contributed by atoms with Crippen molar-refractivity contribution in [2.45, 2.75) is 6.04 Å². The Hall–Kier alpha value is -1.89. The van der Waals surface area contributed by atoms with Crippen LogP contribution in [0.25, 0.3) is 21.0 Å². The van der Waals surface area contributed by atoms with Gasteiger partial charge in [-0.05, 0) is 24.3 Å². The number of carbonyl (C=O) groups excluding carboxylic acids is 1. The van der Waals surface area contributed by atoms with Crippen molar-refractivity contribution in [2.24, 2.45) is 5.73 Å². The fraction of sp³-hybridized carbons (Fsp3) is 0.200. The van der Waals surface area contributed by atoms with Crippen LogP contribution >= 0.6 is 22.9 Å². The highest BCUT2D eigenvalue weighted by molar-refractivity contribution is 7.21. The number of anilines is 1. The zero-order valence-electron chi connectivity index (χ0n) is 11.5. The maximum absolute atomic E-state index is 12.4. The van der Waals surface area contributed by atoms with Crippen LogP contribution in [0.2, 0.25) is 5.15 Å². The van der Waals surface area contributed by atoms with Gasteiger partial charge in [0.1, 0.15) is 10.0 Å². The molecule has 1 atom stereocenters. The molecule has 1 amide bonds. The summed E-state index contributed by atoms with van der Waals surface area (Å²) in [6, 6.07) is 7.57. The van der Waals surface area contributed by atoms with Crippen LogP contribution in [0.15, 0.2) is 24.3 Å². The van der Waals surface area contributed by atoms with Crippen molar-refractivity contribution in [1.29, 1.82) is 0 Å². The maximum Gasteiger partial charge on any atom is 0.263 e. The zero-order chi connectivity index (χ0) is 15.3. The highest BCUT2D eigenvalue weighted by Crippen LogP contribution is 2.40. The second-order valence-electron chi connectivity index (χ2n) is 5.23. The number of rotatable bonds is 1. The molecular formula is C15H13ClN4OS. The predicted molar refractivity (Wildman–Crippen MR) is 90.9 cm³/mol. The standard InChI is InChI=1S/C15H13ClN4OS/c16-11-4-1-8-9(20-11)2-3-10-12(8)13-14(22-10)15(21)19-7(5-17)6-18-13/h1-4,7,18H,5-6,17H2,(H,19,21)/t7-/m1/s1. The molecule has 0 spiro atoms. The van der Waals surface area contributed by atoms with E-state index in [1.165, 1.54) is 11.3 Å². The van der Waals surface area contributed by atoms with Gasteiger partial charge in [0, 0.05) is 28.6 Å². The Morgan fingerprint density at radius 2 is 2.23 bits per heavy atom. The predicted octanol–water partition coefficient (Wildman–Crippen LogP) is 2.59. The SMILES string of the molecule is NC[C@@H]1CNc2c(sc3ccc4nc(Cl)ccc4c23)C(=O)N1. The van der Waals surface area contributed by atoms with E-state index < -0.39 is 0 Å². The average Bonchev–Trinajstić information content (AvgIpc) is 2.82. The van der Waals surface area contributed by atoms with Crippen LogP contribution in [0.1, 0.15) is 9.67 Å². The third-order valence-electron chi connectivity index (χ3n) is 3.84. The van der Waals surface area contributed by atoms with E-state index >= 15 is 0 Å². The minimum Gasteiger partial charge on any atom is -0.381 e. The van der Waals surface area contributed by atoms with Gasteiger partial charge >= 0.3 is 0 Å². The first kappa shape index (κ1) is 13.8. The molecule has 0 bridgehead atoms. The number of aromatic nitrogens is 1. The Morgan fingerprint density at radius 3 is 3.05 bits per heavy atom. The largest absolute Gasteiger partial charge is 0.381 e. The van der Waals surface area contributed by atoms with E-state index in [0.717, 1.165) is 26.7 Å². The lowest BCUT2D eigenvalue weighted by molar-refractivity contribution is 0.0947. The summed E-state index contributed by atoms with van der Waals surface area (Å²) in [4.78, 5) is 17.4. The number of hydrogen-bond donors (Lipinski definition) is 3. The van der Waals surface area contributed by atoms with Gasteiger partial charge in [-0.2, -0.15) is 0 Å². The van der Waals surface area contributed by atoms with Crippen LogP contribution in [-0.2, 0) is 0 Å². The Bertz CT molecular complexity index is 907. The number of carbonyl (C=O) groups is 1. The lowest BCUT2D eigenvalue weighted by Gasteiger charge is -2.13. The number of nitrogens with zero attached hydrogens (tertiary/aromatic N) is 1. The third-order valence-corrected chi connectivity index (χ3v) is 5.20. The van der Waals surface area contributed by atoms with Gasteiger partial charge in [-0.3, -0.25) is 4.79 Å². The molecule has 1 aromatic carbocycles. The van der Waals surface area contributed by atoms with Gasteiger partial charge in [-0.25, -0.2) is 4.98 Å². The normalized spacial score (nSPS) is 17.9. The van der Waals surface area contributed by atoms with Crippen LogP contribution in [0, 0.1) is 0 Å². The van der Waals surface area contributed by atoms with Crippen molar-refractivity contribution in [3.05, 3.63) is 34.3 Å². The van der Waals surface area contributed by atoms with E-state index in [1.807, 2.05) is 18.2 Å². The molecule has 22 heavy (non-hydrogen) atoms. The first-order chi connectivity index (χ1) is 10.7. The highest BCUT2D eigenvalue weighted by Gasteiger charge is 2.25. The van der Waals surface area contributed by atoms with Crippen LogP contribution in [0.4, 0.5) is 5.69 Å². The maximum atomic E-state index is 12.4. The molecule has 0 unspecified atom stereocenters. The van der Waals surface area contributed by atoms with Crippen molar-refractivity contribution >= 4 is 55.5 Å². The molecule has 0 saturated heterocycles. The summed E-state index contributed by atoms with van der Waals surface area (Å²) < 4.78 is 1.05. The number of benzene rings is 1. The fourth-order valence-electron chi connectivity index (χ4n) is 2.77. The summed E-state index contributed by atoms with van der Waals surface area (Å²) in [5.41, 5.74) is 7.37. The molecule has 3 heterocycles. The molecule has 0 aliphatic carbocycles. The first-order valence-electron chi connectivity index (χ1n) is 6.94. The summed E-state index contributed by atoms with van der Waals surface area (Å²) in [5, 5.41) is 8.80. The van der Waals surface area contributed by atoms with Crippen LogP contribution in [0.3, 0.4) is 0 Å². The van der Waals surface area contributed by atoms with E-state index in [4.69, 9.17) is 17.3 Å². The number of pyridine rings is 1. The first-order valence-corrected chi connectivity index (χ1v) is 8.13. The highest BCUT2D eigenvalue weighted by atomic mass is 35.5. The van der Waals surface area contributed by atoms with E-state index in [1.54, 1.807) is 6.07 Å². The molecule has 1 aliphatic rings. The van der Waals surface area contributed by atoms with Gasteiger partial charge in [0.05, 0.1) is 17.2 Å². The number of amides is 1. The topological polar surface area (TPSA) is 80.0 Å². The van der Waals surface area contributed by atoms with Crippen LogP contribution in [-0.4, -0.2) is 30.0 Å². The van der Waals surface area contributed by atoms with E-state index in [-0.39, 0.29) is 11.9 Å². The Kier molecular flexibility index (Phi) is 3.18. The quantitative estimate of drug-likeness (QED) is 0.598. The summed E-state index contributed by atoms with van der Waals surface area (Å²) in [6.07, 6.45) is 0. The summed E-state index contributed by atoms with van der Waals surface area (Å²) in [6.45, 7) is 1.02. The molecule has 0 saturated carbocycles. The lowest BCUT2D eigenvalue weighted by atomic mass is 10.1. The summed E-state index contributed by atoms with van der Waals surface area (Å²) >= 11 is 7.45. The van der Waals surface area contributed by atoms with Gasteiger partial charge < -0.3 is 16.4 Å². The van der Waals surface area contributed by atoms with Crippen molar-refractivity contribution in [1.82, 2.24) is 10.3 Å². The molecule has 7 heteroatoms. The second-order valence-corrected chi connectivity index (χ2v) is 6.67. The number of halogens is 1. The average molecular weight is 333 g/mol. The molecular weight excluding hydrogens is 320 g/mol. The molecule has 0 radical (unpaired) electrons. The van der Waals surface area contributed by atoms with E-state index in [2.05, 4.69) is 15.6 Å². The number of hydrogen-bond acceptors (Lipinski definition) is 5. The lowest BCUT2D eigenvalue weighted by Crippen LogP contribution is -2.42. The Balaban J connectivity index is 2.00. The van der Waals surface area contributed by atoms with Gasteiger partial charge in [-0.15, -0.1) is 11.3 Å². The molecule has 2 aromatic heterocycles. The van der Waals surface area contributed by atoms with Crippen molar-refractivity contribution < 1.29 is 4.79 Å². The molecule has 0 fully saturated rings. The van der Waals surface area contributed by atoms with E-state index in [0.29, 0.717) is 23.1 Å². The number of thiophene rings is 1. The molecule has 5 nitrogen and oxygen atoms in total. The smallest absolute Gasteiger partial charge is 0.263 e. The molecule has 4 rings (SSSR count). The number of fused-ring (bicyclic) bond motifs is 5. The van der Waals surface area contributed by atoms with E-state index in [9.17, 15) is 4.79 Å². The Labute approximate surface area is 135 Å². The summed E-state index contributed by atoms with van der Waals surface area (Å²) in [7, 11) is 0. The number of nitrogens with one attached hydrogen (secondary N) is 2. The number of nitrogens with two attached hydrogens (primary N) is 1. The molecule has 1 aliphatic heterocycles. The monoisotopic (exact) mass is 332 g/mol. The molecule has 112 valence electrons. The minimum absolute atomic E-state index is 0.0651. The zero-order valence-corrected chi connectivity index (χ0v) is 13.1. The fourth-order valence-corrected chi connectivity index (χ4v) is 4.03. The Morgan fingerprint density at radius 1 is 1.36 bits per heavy atom. The van der Waals surface area contributed by atoms with Crippen molar-refractivity contribution in [3.63, 3.8) is 0 Å². The van der Waals surface area contributed by atoms with Crippen LogP contribution < -0.4 is 16.4 Å². The minimum atomic E-state index is -0.0771. The summed E-state index contributed by atoms with van der Waals surface area (Å²) in [5.74, 6) is -0.0771. The second kappa shape index (κ2) is 5.08. The van der Waals surface area contributed by atoms with Crippen molar-refractivity contribution in [2.75, 3.05) is 18.4 Å². The van der Waals surface area contributed by atoms with Gasteiger partial charge in [0.25, 0.3) is 5.91 Å². The third kappa shape index (κ3) is 2.03. The molecule has 3 aromatic rings. The van der Waals surface area contributed by atoms with Crippen molar-refractivity contribution in [3.8, 4) is 0 Å². The molecule has 4 N–H and O–H groups in total. The van der Waals surface area contributed by atoms with Gasteiger partial charge in [0.2, 0.25) is 0 Å². The van der Waals surface area contributed by atoms with Gasteiger partial charge in [-0.1, -0.05) is 11.6 Å².